The quantitative estimate of drug-likeness (QED) is 0.532. The summed E-state index contributed by atoms with van der Waals surface area (Å²) in [6.45, 7) is 5.77. The zero-order valence-electron chi connectivity index (χ0n) is 18.4. The molecule has 0 saturated carbocycles. The van der Waals surface area contributed by atoms with Crippen LogP contribution in [0.25, 0.3) is 5.00 Å². The van der Waals surface area contributed by atoms with Gasteiger partial charge in [0.25, 0.3) is 0 Å². The molecule has 0 saturated heterocycles. The number of nitrogens with zero attached hydrogens (tertiary/aromatic N) is 2. The van der Waals surface area contributed by atoms with Crippen molar-refractivity contribution in [3.63, 3.8) is 0 Å². The monoisotopic (exact) mass is 433 g/mol. The molecule has 2 aliphatic rings. The van der Waals surface area contributed by atoms with Crippen molar-refractivity contribution in [2.45, 2.75) is 58.5 Å². The van der Waals surface area contributed by atoms with Gasteiger partial charge in [0.1, 0.15) is 5.00 Å². The fourth-order valence-electron chi connectivity index (χ4n) is 4.94. The minimum absolute atomic E-state index is 0.0332. The summed E-state index contributed by atoms with van der Waals surface area (Å²) in [5, 5.41) is 4.53. The Labute approximate surface area is 188 Å². The number of thiophene rings is 1. The van der Waals surface area contributed by atoms with E-state index >= 15 is 0 Å². The van der Waals surface area contributed by atoms with Crippen molar-refractivity contribution in [2.24, 2.45) is 5.92 Å². The number of aryl methyl sites for hydroxylation is 1. The van der Waals surface area contributed by atoms with Gasteiger partial charge in [0, 0.05) is 23.2 Å². The zero-order chi connectivity index (χ0) is 21.4. The number of amides is 2. The molecule has 1 N–H and O–H groups in total. The summed E-state index contributed by atoms with van der Waals surface area (Å²) in [6.07, 6.45) is 7.99. The molecule has 5 heteroatoms. The first-order chi connectivity index (χ1) is 15.1. The van der Waals surface area contributed by atoms with E-state index in [2.05, 4.69) is 71.2 Å². The van der Waals surface area contributed by atoms with Crippen LogP contribution in [-0.4, -0.2) is 22.0 Å². The molecule has 3 heterocycles. The van der Waals surface area contributed by atoms with Gasteiger partial charge in [-0.05, 0) is 61.3 Å². The fraction of sp³-hybridized carbons (Fsp3) is 0.423. The van der Waals surface area contributed by atoms with Crippen LogP contribution in [0.15, 0.2) is 48.7 Å². The number of nitrogens with one attached hydrogen (secondary N) is 1. The van der Waals surface area contributed by atoms with Gasteiger partial charge in [-0.1, -0.05) is 44.2 Å². The van der Waals surface area contributed by atoms with E-state index in [1.165, 1.54) is 46.0 Å². The number of aromatic nitrogens is 1. The van der Waals surface area contributed by atoms with E-state index in [1.807, 2.05) is 17.4 Å². The van der Waals surface area contributed by atoms with Crippen molar-refractivity contribution < 1.29 is 4.79 Å². The minimum Gasteiger partial charge on any atom is -0.338 e. The van der Waals surface area contributed by atoms with Gasteiger partial charge in [0.15, 0.2) is 0 Å². The van der Waals surface area contributed by atoms with Crippen molar-refractivity contribution in [3.05, 3.63) is 75.9 Å². The molecular weight excluding hydrogens is 402 g/mol. The zero-order valence-corrected chi connectivity index (χ0v) is 19.3. The van der Waals surface area contributed by atoms with Gasteiger partial charge in [0.2, 0.25) is 0 Å². The number of hydrogen-bond acceptors (Lipinski definition) is 2. The van der Waals surface area contributed by atoms with Gasteiger partial charge >= 0.3 is 6.03 Å². The second-order valence-corrected chi connectivity index (χ2v) is 10.2. The van der Waals surface area contributed by atoms with Crippen molar-refractivity contribution in [3.8, 4) is 5.00 Å². The van der Waals surface area contributed by atoms with E-state index in [4.69, 9.17) is 0 Å². The van der Waals surface area contributed by atoms with Gasteiger partial charge in [-0.2, -0.15) is 0 Å². The van der Waals surface area contributed by atoms with Gasteiger partial charge in [0.05, 0.1) is 18.3 Å². The molecule has 2 amide bonds. The lowest BCUT2D eigenvalue weighted by Gasteiger charge is -2.31. The van der Waals surface area contributed by atoms with Crippen molar-refractivity contribution >= 4 is 17.4 Å². The molecular formula is C26H31N3OS. The van der Waals surface area contributed by atoms with Crippen molar-refractivity contribution in [1.29, 1.82) is 0 Å². The van der Waals surface area contributed by atoms with Crippen LogP contribution in [0, 0.1) is 5.92 Å². The van der Waals surface area contributed by atoms with E-state index < -0.39 is 0 Å². The molecule has 1 aromatic carbocycles. The summed E-state index contributed by atoms with van der Waals surface area (Å²) in [5.41, 5.74) is 5.18. The Balaban J connectivity index is 1.60. The Hall–Kier alpha value is -2.53. The minimum atomic E-state index is -0.103. The Kier molecular flexibility index (Phi) is 5.61. The summed E-state index contributed by atoms with van der Waals surface area (Å²) in [6, 6.07) is 14.7. The number of urea groups is 1. The average Bonchev–Trinajstić information content (AvgIpc) is 3.36. The Morgan fingerprint density at radius 2 is 1.90 bits per heavy atom. The molecule has 1 unspecified atom stereocenters. The first-order valence-corrected chi connectivity index (χ1v) is 12.4. The standard InChI is InChI=1S/C26H31N3OS/c1-18(2)14-15-27-26(30)29-17-21-20-11-6-7-13-23(20)31-25(21)28-16-8-12-22(28)24(29)19-9-4-3-5-10-19/h3-5,8-10,12,16,18,24H,6-7,11,13-15,17H2,1-2H3,(H,27,30). The van der Waals surface area contributed by atoms with Crippen LogP contribution in [0.1, 0.15) is 66.4 Å². The predicted molar refractivity (Wildman–Crippen MR) is 127 cm³/mol. The molecule has 1 aliphatic carbocycles. The van der Waals surface area contributed by atoms with Gasteiger partial charge < -0.3 is 14.8 Å². The second-order valence-electron chi connectivity index (χ2n) is 9.15. The highest BCUT2D eigenvalue weighted by molar-refractivity contribution is 7.15. The molecule has 0 fully saturated rings. The van der Waals surface area contributed by atoms with Gasteiger partial charge in [-0.3, -0.25) is 0 Å². The molecule has 0 bridgehead atoms. The van der Waals surface area contributed by atoms with E-state index in [-0.39, 0.29) is 12.1 Å². The summed E-state index contributed by atoms with van der Waals surface area (Å²) >= 11 is 1.94. The first kappa shape index (κ1) is 20.4. The van der Waals surface area contributed by atoms with Crippen molar-refractivity contribution in [2.75, 3.05) is 6.54 Å². The summed E-state index contributed by atoms with van der Waals surface area (Å²) in [7, 11) is 0. The van der Waals surface area contributed by atoms with Crippen LogP contribution >= 0.6 is 11.3 Å². The van der Waals surface area contributed by atoms with Crippen molar-refractivity contribution in [1.82, 2.24) is 14.8 Å². The highest BCUT2D eigenvalue weighted by Gasteiger charge is 2.35. The SMILES string of the molecule is CC(C)CCNC(=O)N1Cc2c(sc3c2CCCC3)-n2cccc2C1c1ccccc1. The third-order valence-electron chi connectivity index (χ3n) is 6.55. The topological polar surface area (TPSA) is 37.3 Å². The van der Waals surface area contributed by atoms with Gasteiger partial charge in [-0.25, -0.2) is 4.79 Å². The molecule has 1 atom stereocenters. The normalized spacial score (nSPS) is 17.6. The Bertz CT molecular complexity index is 1070. The molecule has 1 aliphatic heterocycles. The first-order valence-electron chi connectivity index (χ1n) is 11.5. The maximum Gasteiger partial charge on any atom is 0.318 e. The number of carbonyl (C=O) groups excluding carboxylic acids is 1. The number of rotatable bonds is 4. The predicted octanol–water partition coefficient (Wildman–Crippen LogP) is 6.08. The van der Waals surface area contributed by atoms with Crippen LogP contribution in [0.2, 0.25) is 0 Å². The molecule has 0 radical (unpaired) electrons. The van der Waals surface area contributed by atoms with E-state index in [9.17, 15) is 4.79 Å². The highest BCUT2D eigenvalue weighted by atomic mass is 32.1. The second kappa shape index (κ2) is 8.54. The molecule has 162 valence electrons. The third kappa shape index (κ3) is 3.80. The van der Waals surface area contributed by atoms with Crippen LogP contribution in [0.3, 0.4) is 0 Å². The summed E-state index contributed by atoms with van der Waals surface area (Å²) in [4.78, 5) is 17.1. The lowest BCUT2D eigenvalue weighted by molar-refractivity contribution is 0.180. The molecule has 0 spiro atoms. The number of benzene rings is 1. The molecule has 3 aromatic rings. The van der Waals surface area contributed by atoms with Crippen LogP contribution in [0.5, 0.6) is 0 Å². The van der Waals surface area contributed by atoms with Crippen LogP contribution in [-0.2, 0) is 19.4 Å². The lowest BCUT2D eigenvalue weighted by Crippen LogP contribution is -2.42. The summed E-state index contributed by atoms with van der Waals surface area (Å²) in [5.74, 6) is 0.571. The average molecular weight is 434 g/mol. The number of hydrogen-bond donors (Lipinski definition) is 1. The number of carbonyl (C=O) groups is 1. The molecule has 4 nitrogen and oxygen atoms in total. The number of fused-ring (bicyclic) bond motifs is 5. The Morgan fingerprint density at radius 3 is 2.71 bits per heavy atom. The molecule has 31 heavy (non-hydrogen) atoms. The Morgan fingerprint density at radius 1 is 1.10 bits per heavy atom. The van der Waals surface area contributed by atoms with Gasteiger partial charge in [-0.15, -0.1) is 11.3 Å². The third-order valence-corrected chi connectivity index (χ3v) is 7.89. The molecule has 2 aromatic heterocycles. The largest absolute Gasteiger partial charge is 0.338 e. The molecule has 5 rings (SSSR count). The van der Waals surface area contributed by atoms with E-state index in [0.29, 0.717) is 19.0 Å². The maximum atomic E-state index is 13.6. The lowest BCUT2D eigenvalue weighted by atomic mass is 9.95. The smallest absolute Gasteiger partial charge is 0.318 e. The van der Waals surface area contributed by atoms with Crippen LogP contribution < -0.4 is 5.32 Å². The summed E-state index contributed by atoms with van der Waals surface area (Å²) < 4.78 is 2.34. The van der Waals surface area contributed by atoms with E-state index in [1.54, 1.807) is 0 Å². The fourth-order valence-corrected chi connectivity index (χ4v) is 6.35. The van der Waals surface area contributed by atoms with E-state index in [0.717, 1.165) is 18.4 Å². The van der Waals surface area contributed by atoms with Crippen LogP contribution in [0.4, 0.5) is 4.79 Å². The highest BCUT2D eigenvalue weighted by Crippen LogP contribution is 2.43. The maximum absolute atomic E-state index is 13.6.